The van der Waals surface area contributed by atoms with E-state index in [1.807, 2.05) is 13.1 Å². The summed E-state index contributed by atoms with van der Waals surface area (Å²) in [5, 5.41) is 3.21. The molecule has 0 unspecified atom stereocenters. The van der Waals surface area contributed by atoms with Crippen LogP contribution in [0.1, 0.15) is 46.1 Å². The lowest BCUT2D eigenvalue weighted by atomic mass is 9.87. The van der Waals surface area contributed by atoms with Gasteiger partial charge in [0.15, 0.2) is 5.58 Å². The number of benzene rings is 1. The molecule has 3 nitrogen and oxygen atoms in total. The molecule has 0 aliphatic rings. The molecule has 1 aromatic carbocycles. The van der Waals surface area contributed by atoms with E-state index in [0.717, 1.165) is 17.0 Å². The van der Waals surface area contributed by atoms with E-state index in [4.69, 9.17) is 4.42 Å². The molecular weight excluding hydrogens is 224 g/mol. The Morgan fingerprint density at radius 2 is 1.78 bits per heavy atom. The summed E-state index contributed by atoms with van der Waals surface area (Å²) in [5.41, 5.74) is 2.94. The molecule has 1 heterocycles. The quantitative estimate of drug-likeness (QED) is 0.880. The third-order valence-electron chi connectivity index (χ3n) is 3.41. The predicted molar refractivity (Wildman–Crippen MR) is 74.8 cm³/mol. The number of rotatable bonds is 2. The van der Waals surface area contributed by atoms with Crippen molar-refractivity contribution >= 4 is 11.1 Å². The van der Waals surface area contributed by atoms with Gasteiger partial charge in [-0.25, -0.2) is 4.98 Å². The topological polar surface area (TPSA) is 38.1 Å². The van der Waals surface area contributed by atoms with Gasteiger partial charge in [0.25, 0.3) is 0 Å². The van der Waals surface area contributed by atoms with Gasteiger partial charge in [0.2, 0.25) is 5.89 Å². The molecule has 3 heteroatoms. The number of aromatic nitrogens is 1. The van der Waals surface area contributed by atoms with Crippen LogP contribution >= 0.6 is 0 Å². The first-order chi connectivity index (χ1) is 8.24. The van der Waals surface area contributed by atoms with Gasteiger partial charge in [-0.05, 0) is 44.0 Å². The summed E-state index contributed by atoms with van der Waals surface area (Å²) in [6, 6.07) is 6.25. The number of hydrogen-bond acceptors (Lipinski definition) is 3. The highest BCUT2D eigenvalue weighted by Gasteiger charge is 2.25. The zero-order valence-corrected chi connectivity index (χ0v) is 12.1. The first-order valence-corrected chi connectivity index (χ1v) is 6.34. The number of oxazole rings is 1. The molecular formula is C15H22N2O. The first-order valence-electron chi connectivity index (χ1n) is 6.34. The van der Waals surface area contributed by atoms with E-state index >= 15 is 0 Å². The summed E-state index contributed by atoms with van der Waals surface area (Å²) < 4.78 is 5.82. The first kappa shape index (κ1) is 13.1. The zero-order chi connectivity index (χ0) is 13.6. The lowest BCUT2D eigenvalue weighted by Crippen LogP contribution is -2.33. The second kappa shape index (κ2) is 4.09. The van der Waals surface area contributed by atoms with Crippen molar-refractivity contribution in [2.24, 2.45) is 0 Å². The lowest BCUT2D eigenvalue weighted by Gasteiger charge is -2.18. The Bertz CT molecular complexity index is 561. The van der Waals surface area contributed by atoms with Gasteiger partial charge >= 0.3 is 0 Å². The molecule has 2 aromatic rings. The van der Waals surface area contributed by atoms with Crippen molar-refractivity contribution in [2.45, 2.75) is 45.6 Å². The van der Waals surface area contributed by atoms with Gasteiger partial charge in [-0.15, -0.1) is 0 Å². The minimum Gasteiger partial charge on any atom is -0.439 e. The largest absolute Gasteiger partial charge is 0.439 e. The molecule has 0 atom stereocenters. The van der Waals surface area contributed by atoms with Crippen molar-refractivity contribution in [1.82, 2.24) is 10.3 Å². The summed E-state index contributed by atoms with van der Waals surface area (Å²) in [5.74, 6) is 0.728. The van der Waals surface area contributed by atoms with Crippen LogP contribution in [0, 0.1) is 0 Å². The molecule has 0 saturated carbocycles. The fourth-order valence-electron chi connectivity index (χ4n) is 1.77. The third kappa shape index (κ3) is 2.27. The summed E-state index contributed by atoms with van der Waals surface area (Å²) >= 11 is 0. The van der Waals surface area contributed by atoms with Gasteiger partial charge in [-0.2, -0.15) is 0 Å². The Hall–Kier alpha value is -1.35. The van der Waals surface area contributed by atoms with E-state index in [2.05, 4.69) is 57.1 Å². The monoisotopic (exact) mass is 246 g/mol. The molecule has 0 amide bonds. The normalized spacial score (nSPS) is 13.2. The average Bonchev–Trinajstić information content (AvgIpc) is 2.71. The number of nitrogens with one attached hydrogen (secondary N) is 1. The smallest absolute Gasteiger partial charge is 0.215 e. The molecule has 1 N–H and O–H groups in total. The Kier molecular flexibility index (Phi) is 2.98. The summed E-state index contributed by atoms with van der Waals surface area (Å²) in [7, 11) is 1.91. The lowest BCUT2D eigenvalue weighted by molar-refractivity contribution is 0.338. The van der Waals surface area contributed by atoms with Crippen LogP contribution in [0.5, 0.6) is 0 Å². The molecule has 0 saturated heterocycles. The van der Waals surface area contributed by atoms with Crippen LogP contribution in [0.3, 0.4) is 0 Å². The van der Waals surface area contributed by atoms with E-state index in [-0.39, 0.29) is 11.0 Å². The van der Waals surface area contributed by atoms with Crippen LogP contribution in [0.2, 0.25) is 0 Å². The molecule has 0 aliphatic heterocycles. The van der Waals surface area contributed by atoms with E-state index in [1.165, 1.54) is 5.56 Å². The van der Waals surface area contributed by atoms with Gasteiger partial charge in [0, 0.05) is 0 Å². The SMILES string of the molecule is CNC(C)(C)c1nc2cc(C(C)(C)C)ccc2o1. The highest BCUT2D eigenvalue weighted by atomic mass is 16.4. The number of hydrogen-bond donors (Lipinski definition) is 1. The van der Waals surface area contributed by atoms with Gasteiger partial charge in [-0.1, -0.05) is 26.8 Å². The van der Waals surface area contributed by atoms with Crippen LogP contribution in [-0.2, 0) is 11.0 Å². The van der Waals surface area contributed by atoms with Crippen LogP contribution in [0.4, 0.5) is 0 Å². The van der Waals surface area contributed by atoms with Crippen molar-refractivity contribution in [2.75, 3.05) is 7.05 Å². The molecule has 0 bridgehead atoms. The molecule has 0 aliphatic carbocycles. The van der Waals surface area contributed by atoms with E-state index in [0.29, 0.717) is 0 Å². The number of fused-ring (bicyclic) bond motifs is 1. The number of nitrogens with zero attached hydrogens (tertiary/aromatic N) is 1. The van der Waals surface area contributed by atoms with E-state index in [1.54, 1.807) is 0 Å². The van der Waals surface area contributed by atoms with Gasteiger partial charge in [-0.3, -0.25) is 0 Å². The molecule has 98 valence electrons. The third-order valence-corrected chi connectivity index (χ3v) is 3.41. The van der Waals surface area contributed by atoms with Crippen molar-refractivity contribution in [3.63, 3.8) is 0 Å². The van der Waals surface area contributed by atoms with Gasteiger partial charge in [0.05, 0.1) is 5.54 Å². The van der Waals surface area contributed by atoms with E-state index < -0.39 is 0 Å². The zero-order valence-electron chi connectivity index (χ0n) is 12.1. The molecule has 0 spiro atoms. The van der Waals surface area contributed by atoms with Crippen LogP contribution in [0.15, 0.2) is 22.6 Å². The Morgan fingerprint density at radius 3 is 2.33 bits per heavy atom. The van der Waals surface area contributed by atoms with Crippen molar-refractivity contribution < 1.29 is 4.42 Å². The summed E-state index contributed by atoms with van der Waals surface area (Å²) in [6.07, 6.45) is 0. The Balaban J connectivity index is 2.53. The van der Waals surface area contributed by atoms with Crippen molar-refractivity contribution in [3.05, 3.63) is 29.7 Å². The van der Waals surface area contributed by atoms with Crippen LogP contribution in [0.25, 0.3) is 11.1 Å². The molecule has 1 aromatic heterocycles. The predicted octanol–water partition coefficient (Wildman–Crippen LogP) is 3.58. The second-order valence-electron chi connectivity index (χ2n) is 6.33. The minimum atomic E-state index is -0.249. The van der Waals surface area contributed by atoms with Crippen LogP contribution in [-0.4, -0.2) is 12.0 Å². The highest BCUT2D eigenvalue weighted by Crippen LogP contribution is 2.28. The van der Waals surface area contributed by atoms with Crippen molar-refractivity contribution in [3.8, 4) is 0 Å². The van der Waals surface area contributed by atoms with Crippen LogP contribution < -0.4 is 5.32 Å². The maximum absolute atomic E-state index is 5.82. The Labute approximate surface area is 109 Å². The summed E-state index contributed by atoms with van der Waals surface area (Å²) in [6.45, 7) is 10.7. The Morgan fingerprint density at radius 1 is 1.11 bits per heavy atom. The fraction of sp³-hybridized carbons (Fsp3) is 0.533. The standard InChI is InChI=1S/C15H22N2O/c1-14(2,3)10-7-8-12-11(9-10)17-13(18-12)15(4,5)16-6/h7-9,16H,1-6H3. The van der Waals surface area contributed by atoms with Gasteiger partial charge in [0.1, 0.15) is 5.52 Å². The summed E-state index contributed by atoms with van der Waals surface area (Å²) in [4.78, 5) is 4.60. The maximum Gasteiger partial charge on any atom is 0.215 e. The minimum absolute atomic E-state index is 0.131. The molecule has 0 fully saturated rings. The second-order valence-corrected chi connectivity index (χ2v) is 6.33. The van der Waals surface area contributed by atoms with E-state index in [9.17, 15) is 0 Å². The average molecular weight is 246 g/mol. The fourth-order valence-corrected chi connectivity index (χ4v) is 1.77. The molecule has 18 heavy (non-hydrogen) atoms. The molecule has 2 rings (SSSR count). The maximum atomic E-state index is 5.82. The van der Waals surface area contributed by atoms with Crippen molar-refractivity contribution in [1.29, 1.82) is 0 Å². The molecule has 0 radical (unpaired) electrons. The highest BCUT2D eigenvalue weighted by molar-refractivity contribution is 5.74. The van der Waals surface area contributed by atoms with Gasteiger partial charge < -0.3 is 9.73 Å².